The monoisotopic (exact) mass is 329 g/mol. The third-order valence-electron chi connectivity index (χ3n) is 4.44. The van der Waals surface area contributed by atoms with Gasteiger partial charge in [-0.15, -0.1) is 0 Å². The lowest BCUT2D eigenvalue weighted by Crippen LogP contribution is -2.47. The highest BCUT2D eigenvalue weighted by molar-refractivity contribution is 7.85. The number of rotatable bonds is 6. The number of hydrogen-bond acceptors (Lipinski definition) is 3. The molecule has 1 saturated carbocycles. The Morgan fingerprint density at radius 1 is 1.27 bits per heavy atom. The molecule has 2 rings (SSSR count). The predicted molar refractivity (Wildman–Crippen MR) is 92.8 cm³/mol. The molecule has 128 valence electrons. The van der Waals surface area contributed by atoms with Crippen molar-refractivity contribution >= 4 is 16.8 Å². The molecule has 0 radical (unpaired) electrons. The van der Waals surface area contributed by atoms with Gasteiger partial charge in [-0.25, -0.2) is 0 Å². The van der Waals surface area contributed by atoms with E-state index in [1.54, 1.807) is 0 Å². The molecule has 1 aliphatic heterocycles. The fourth-order valence-electron chi connectivity index (χ4n) is 3.25. The van der Waals surface area contributed by atoms with Crippen LogP contribution in [0, 0.1) is 0 Å². The van der Waals surface area contributed by atoms with Gasteiger partial charge in [0.05, 0.1) is 12.6 Å². The molecule has 2 N–H and O–H groups in total. The van der Waals surface area contributed by atoms with Crippen molar-refractivity contribution in [1.29, 1.82) is 0 Å². The average molecular weight is 330 g/mol. The van der Waals surface area contributed by atoms with Crippen LogP contribution in [0.2, 0.25) is 0 Å². The summed E-state index contributed by atoms with van der Waals surface area (Å²) in [6.45, 7) is 6.55. The van der Waals surface area contributed by atoms with Crippen molar-refractivity contribution in [3.05, 3.63) is 0 Å². The first kappa shape index (κ1) is 17.7. The van der Waals surface area contributed by atoms with Crippen LogP contribution in [-0.4, -0.2) is 53.0 Å². The standard InChI is InChI=1S/C16H31N3O2S/c1-3-17-16(18-12-14-8-6-10-21-14)19-13-7-5-9-15(11-13)22(20)4-2/h13-15H,3-12H2,1-2H3,(H2,17,18,19). The second-order valence-electron chi connectivity index (χ2n) is 6.15. The molecular weight excluding hydrogens is 298 g/mol. The molecule has 6 heteroatoms. The number of hydrogen-bond donors (Lipinski definition) is 2. The zero-order valence-electron chi connectivity index (χ0n) is 14.0. The number of nitrogens with zero attached hydrogens (tertiary/aromatic N) is 1. The molecule has 1 aliphatic carbocycles. The van der Waals surface area contributed by atoms with Gasteiger partial charge in [0, 0.05) is 41.0 Å². The second kappa shape index (κ2) is 9.50. The fourth-order valence-corrected chi connectivity index (χ4v) is 4.59. The van der Waals surface area contributed by atoms with Crippen LogP contribution in [0.1, 0.15) is 52.4 Å². The van der Waals surface area contributed by atoms with E-state index in [0.717, 1.165) is 69.9 Å². The smallest absolute Gasteiger partial charge is 0.191 e. The third-order valence-corrected chi connectivity index (χ3v) is 6.19. The topological polar surface area (TPSA) is 62.7 Å². The summed E-state index contributed by atoms with van der Waals surface area (Å²) in [5.74, 6) is 1.65. The summed E-state index contributed by atoms with van der Waals surface area (Å²) >= 11 is 0. The Bertz CT molecular complexity index is 384. The molecule has 1 saturated heterocycles. The lowest BCUT2D eigenvalue weighted by atomic mass is 9.95. The first-order chi connectivity index (χ1) is 10.7. The van der Waals surface area contributed by atoms with Crippen molar-refractivity contribution in [3.63, 3.8) is 0 Å². The van der Waals surface area contributed by atoms with E-state index in [4.69, 9.17) is 4.74 Å². The van der Waals surface area contributed by atoms with E-state index >= 15 is 0 Å². The fraction of sp³-hybridized carbons (Fsp3) is 0.938. The summed E-state index contributed by atoms with van der Waals surface area (Å²) in [6, 6.07) is 0.386. The maximum Gasteiger partial charge on any atom is 0.191 e. The number of aliphatic imine (C=N–C) groups is 1. The summed E-state index contributed by atoms with van der Waals surface area (Å²) in [5.41, 5.74) is 0. The van der Waals surface area contributed by atoms with Crippen LogP contribution in [0.3, 0.4) is 0 Å². The van der Waals surface area contributed by atoms with Gasteiger partial charge in [-0.05, 0) is 39.0 Å². The van der Waals surface area contributed by atoms with Gasteiger partial charge < -0.3 is 15.4 Å². The Balaban J connectivity index is 1.86. The number of nitrogens with one attached hydrogen (secondary N) is 2. The van der Waals surface area contributed by atoms with Gasteiger partial charge in [-0.3, -0.25) is 9.20 Å². The average Bonchev–Trinajstić information content (AvgIpc) is 3.06. The highest BCUT2D eigenvalue weighted by Crippen LogP contribution is 2.23. The molecule has 4 unspecified atom stereocenters. The lowest BCUT2D eigenvalue weighted by Gasteiger charge is -2.30. The summed E-state index contributed by atoms with van der Waals surface area (Å²) in [7, 11) is -0.679. The van der Waals surface area contributed by atoms with E-state index in [0.29, 0.717) is 11.3 Å². The molecule has 5 nitrogen and oxygen atoms in total. The Morgan fingerprint density at radius 2 is 2.14 bits per heavy atom. The van der Waals surface area contributed by atoms with E-state index in [-0.39, 0.29) is 6.10 Å². The SMILES string of the molecule is CCNC(=NCC1CCCO1)NC1CCCC(S(=O)CC)C1. The highest BCUT2D eigenvalue weighted by atomic mass is 32.2. The molecule has 1 heterocycles. The van der Waals surface area contributed by atoms with Gasteiger partial charge in [0.2, 0.25) is 0 Å². The third kappa shape index (κ3) is 5.54. The highest BCUT2D eigenvalue weighted by Gasteiger charge is 2.26. The molecular formula is C16H31N3O2S. The minimum atomic E-state index is -0.679. The summed E-state index contributed by atoms with van der Waals surface area (Å²) in [6.07, 6.45) is 6.93. The van der Waals surface area contributed by atoms with Crippen LogP contribution in [0.4, 0.5) is 0 Å². The summed E-state index contributed by atoms with van der Waals surface area (Å²) < 4.78 is 17.7. The largest absolute Gasteiger partial charge is 0.376 e. The van der Waals surface area contributed by atoms with Crippen LogP contribution in [0.15, 0.2) is 4.99 Å². The Hall–Kier alpha value is -0.620. The van der Waals surface area contributed by atoms with Crippen LogP contribution in [0.5, 0.6) is 0 Å². The predicted octanol–water partition coefficient (Wildman–Crippen LogP) is 1.80. The minimum absolute atomic E-state index is 0.280. The number of ether oxygens (including phenoxy) is 1. The molecule has 2 fully saturated rings. The normalized spacial score (nSPS) is 31.0. The number of guanidine groups is 1. The molecule has 0 aromatic rings. The molecule has 0 amide bonds. The van der Waals surface area contributed by atoms with Crippen molar-refractivity contribution in [2.75, 3.05) is 25.4 Å². The second-order valence-corrected chi connectivity index (χ2v) is 8.16. The van der Waals surface area contributed by atoms with E-state index < -0.39 is 10.8 Å². The van der Waals surface area contributed by atoms with Gasteiger partial charge in [0.15, 0.2) is 5.96 Å². The first-order valence-corrected chi connectivity index (χ1v) is 10.1. The molecule has 22 heavy (non-hydrogen) atoms. The van der Waals surface area contributed by atoms with Crippen molar-refractivity contribution in [2.45, 2.75) is 69.8 Å². The van der Waals surface area contributed by atoms with Gasteiger partial charge in [0.25, 0.3) is 0 Å². The molecule has 0 spiro atoms. The Morgan fingerprint density at radius 3 is 2.82 bits per heavy atom. The van der Waals surface area contributed by atoms with Crippen LogP contribution >= 0.6 is 0 Å². The minimum Gasteiger partial charge on any atom is -0.376 e. The summed E-state index contributed by atoms with van der Waals surface area (Å²) in [5, 5.41) is 7.20. The quantitative estimate of drug-likeness (QED) is 0.576. The van der Waals surface area contributed by atoms with Crippen molar-refractivity contribution < 1.29 is 8.95 Å². The van der Waals surface area contributed by atoms with E-state index in [1.807, 2.05) is 6.92 Å². The van der Waals surface area contributed by atoms with Crippen molar-refractivity contribution in [1.82, 2.24) is 10.6 Å². The first-order valence-electron chi connectivity index (χ1n) is 8.76. The van der Waals surface area contributed by atoms with Gasteiger partial charge in [-0.2, -0.15) is 0 Å². The van der Waals surface area contributed by atoms with Gasteiger partial charge in [-0.1, -0.05) is 13.3 Å². The Labute approximate surface area is 137 Å². The van der Waals surface area contributed by atoms with E-state index in [2.05, 4.69) is 22.5 Å². The van der Waals surface area contributed by atoms with Gasteiger partial charge >= 0.3 is 0 Å². The zero-order valence-corrected chi connectivity index (χ0v) is 14.8. The molecule has 0 aromatic carbocycles. The van der Waals surface area contributed by atoms with Crippen LogP contribution in [-0.2, 0) is 15.5 Å². The maximum absolute atomic E-state index is 12.0. The molecule has 0 aromatic heterocycles. The molecule has 0 bridgehead atoms. The van der Waals surface area contributed by atoms with E-state index in [1.165, 1.54) is 0 Å². The van der Waals surface area contributed by atoms with Crippen LogP contribution in [0.25, 0.3) is 0 Å². The zero-order chi connectivity index (χ0) is 15.8. The summed E-state index contributed by atoms with van der Waals surface area (Å²) in [4.78, 5) is 4.67. The Kier molecular flexibility index (Phi) is 7.66. The van der Waals surface area contributed by atoms with Gasteiger partial charge in [0.1, 0.15) is 0 Å². The van der Waals surface area contributed by atoms with E-state index in [9.17, 15) is 4.21 Å². The van der Waals surface area contributed by atoms with Crippen molar-refractivity contribution in [2.24, 2.45) is 4.99 Å². The molecule has 4 atom stereocenters. The van der Waals surface area contributed by atoms with Crippen LogP contribution < -0.4 is 10.6 Å². The lowest BCUT2D eigenvalue weighted by molar-refractivity contribution is 0.117. The maximum atomic E-state index is 12.0. The molecule has 2 aliphatic rings. The van der Waals surface area contributed by atoms with Crippen molar-refractivity contribution in [3.8, 4) is 0 Å².